The monoisotopic (exact) mass is 153 g/mol. The maximum Gasteiger partial charge on any atom is 0.233 e. The number of carbonyl (C=O) groups excluding carboxylic acids is 2. The van der Waals surface area contributed by atoms with E-state index in [2.05, 4.69) is 0 Å². The minimum atomic E-state index is 0.0439. The van der Waals surface area contributed by atoms with Crippen molar-refractivity contribution in [3.63, 3.8) is 0 Å². The van der Waals surface area contributed by atoms with Crippen LogP contribution in [0.25, 0.3) is 0 Å². The quantitative estimate of drug-likeness (QED) is 0.507. The lowest BCUT2D eigenvalue weighted by molar-refractivity contribution is -0.141. The largest absolute Gasteiger partial charge is 0.282 e. The molecule has 1 heterocycles. The molecule has 2 rings (SSSR count). The number of likely N-dealkylation sites (tertiary alicyclic amines) is 1. The molecule has 0 aromatic carbocycles. The van der Waals surface area contributed by atoms with Gasteiger partial charge in [0.05, 0.1) is 11.8 Å². The summed E-state index contributed by atoms with van der Waals surface area (Å²) >= 11 is 0. The Bertz CT molecular complexity index is 214. The average molecular weight is 153 g/mol. The van der Waals surface area contributed by atoms with Crippen LogP contribution in [0.4, 0.5) is 0 Å². The van der Waals surface area contributed by atoms with Crippen LogP contribution in [0.1, 0.15) is 13.8 Å². The summed E-state index contributed by atoms with van der Waals surface area (Å²) in [5.41, 5.74) is 0. The van der Waals surface area contributed by atoms with Crippen molar-refractivity contribution >= 4 is 11.8 Å². The van der Waals surface area contributed by atoms with E-state index in [1.165, 1.54) is 4.90 Å². The summed E-state index contributed by atoms with van der Waals surface area (Å²) in [5.74, 6) is 0.507. The molecule has 2 amide bonds. The predicted octanol–water partition coefficient (Wildman–Crippen LogP) is 0.257. The molecular formula is C8H11NO2. The molecule has 2 fully saturated rings. The number of imide groups is 1. The first-order valence-corrected chi connectivity index (χ1v) is 4.03. The zero-order valence-corrected chi connectivity index (χ0v) is 6.70. The number of rotatable bonds is 1. The summed E-state index contributed by atoms with van der Waals surface area (Å²) in [6, 6.07) is 0. The third-order valence-corrected chi connectivity index (χ3v) is 2.80. The van der Waals surface area contributed by atoms with Crippen molar-refractivity contribution in [2.45, 2.75) is 13.8 Å². The van der Waals surface area contributed by atoms with E-state index >= 15 is 0 Å². The molecule has 3 heteroatoms. The highest BCUT2D eigenvalue weighted by Crippen LogP contribution is 2.52. The van der Waals surface area contributed by atoms with Crippen LogP contribution in [-0.2, 0) is 9.59 Å². The number of amides is 2. The van der Waals surface area contributed by atoms with Gasteiger partial charge < -0.3 is 0 Å². The highest BCUT2D eigenvalue weighted by Gasteiger charge is 2.64. The Morgan fingerprint density at radius 2 is 1.73 bits per heavy atom. The van der Waals surface area contributed by atoms with Crippen LogP contribution in [0.5, 0.6) is 0 Å². The number of fused-ring (bicyclic) bond motifs is 1. The fourth-order valence-corrected chi connectivity index (χ4v) is 2.00. The second-order valence-electron chi connectivity index (χ2n) is 3.33. The van der Waals surface area contributed by atoms with E-state index in [0.29, 0.717) is 12.5 Å². The molecule has 60 valence electrons. The Hall–Kier alpha value is -0.860. The van der Waals surface area contributed by atoms with E-state index < -0.39 is 0 Å². The summed E-state index contributed by atoms with van der Waals surface area (Å²) < 4.78 is 0. The van der Waals surface area contributed by atoms with Gasteiger partial charge in [0, 0.05) is 6.54 Å². The van der Waals surface area contributed by atoms with Crippen LogP contribution in [-0.4, -0.2) is 23.3 Å². The van der Waals surface area contributed by atoms with Gasteiger partial charge in [-0.1, -0.05) is 6.92 Å². The first-order valence-electron chi connectivity index (χ1n) is 4.03. The van der Waals surface area contributed by atoms with Crippen molar-refractivity contribution in [2.75, 3.05) is 6.54 Å². The van der Waals surface area contributed by atoms with Crippen molar-refractivity contribution in [3.8, 4) is 0 Å². The minimum absolute atomic E-state index is 0.0439. The highest BCUT2D eigenvalue weighted by atomic mass is 16.2. The Kier molecular flexibility index (Phi) is 1.14. The molecule has 0 aromatic heterocycles. The van der Waals surface area contributed by atoms with Gasteiger partial charge in [-0.3, -0.25) is 14.5 Å². The minimum Gasteiger partial charge on any atom is -0.282 e. The lowest BCUT2D eigenvalue weighted by atomic mass is 10.3. The molecule has 1 saturated carbocycles. The summed E-state index contributed by atoms with van der Waals surface area (Å²) in [7, 11) is 0. The van der Waals surface area contributed by atoms with E-state index in [9.17, 15) is 9.59 Å². The molecule has 1 aliphatic carbocycles. The summed E-state index contributed by atoms with van der Waals surface area (Å²) in [6.45, 7) is 4.35. The molecular weight excluding hydrogens is 142 g/mol. The van der Waals surface area contributed by atoms with Gasteiger partial charge in [-0.2, -0.15) is 0 Å². The normalized spacial score (nSPS) is 41.3. The molecule has 0 N–H and O–H groups in total. The SMILES string of the molecule is CCN1C(=O)[C@@H]2C(C)[C@@H]2C1=O. The van der Waals surface area contributed by atoms with Crippen molar-refractivity contribution in [2.24, 2.45) is 17.8 Å². The van der Waals surface area contributed by atoms with Gasteiger partial charge in [0.15, 0.2) is 0 Å². The molecule has 0 radical (unpaired) electrons. The highest BCUT2D eigenvalue weighted by molar-refractivity contribution is 6.09. The van der Waals surface area contributed by atoms with E-state index in [0.717, 1.165) is 0 Å². The first-order chi connectivity index (χ1) is 5.18. The molecule has 0 aromatic rings. The second kappa shape index (κ2) is 1.84. The van der Waals surface area contributed by atoms with Gasteiger partial charge >= 0.3 is 0 Å². The standard InChI is InChI=1S/C8H11NO2/c1-3-9-7(10)5-4(2)6(5)8(9)11/h4-6H,3H2,1-2H3/t4?,5-,6+. The van der Waals surface area contributed by atoms with Crippen LogP contribution >= 0.6 is 0 Å². The van der Waals surface area contributed by atoms with Gasteiger partial charge in [0.2, 0.25) is 11.8 Å². The fraction of sp³-hybridized carbons (Fsp3) is 0.750. The lowest BCUT2D eigenvalue weighted by Crippen LogP contribution is -2.33. The van der Waals surface area contributed by atoms with Gasteiger partial charge in [0.1, 0.15) is 0 Å². The summed E-state index contributed by atoms with van der Waals surface area (Å²) in [6.07, 6.45) is 0. The Labute approximate surface area is 65.4 Å². The smallest absolute Gasteiger partial charge is 0.233 e. The summed E-state index contributed by atoms with van der Waals surface area (Å²) in [5, 5.41) is 0. The average Bonchev–Trinajstić information content (AvgIpc) is 2.54. The first kappa shape index (κ1) is 6.83. The van der Waals surface area contributed by atoms with Crippen LogP contribution in [0.15, 0.2) is 0 Å². The number of carbonyl (C=O) groups is 2. The zero-order valence-electron chi connectivity index (χ0n) is 6.70. The number of nitrogens with zero attached hydrogens (tertiary/aromatic N) is 1. The van der Waals surface area contributed by atoms with E-state index in [-0.39, 0.29) is 23.7 Å². The van der Waals surface area contributed by atoms with Crippen molar-refractivity contribution in [3.05, 3.63) is 0 Å². The molecule has 3 nitrogen and oxygen atoms in total. The van der Waals surface area contributed by atoms with Gasteiger partial charge in [-0.25, -0.2) is 0 Å². The van der Waals surface area contributed by atoms with Gasteiger partial charge in [-0.15, -0.1) is 0 Å². The molecule has 0 bridgehead atoms. The van der Waals surface area contributed by atoms with Gasteiger partial charge in [0.25, 0.3) is 0 Å². The maximum atomic E-state index is 11.3. The third kappa shape index (κ3) is 0.633. The summed E-state index contributed by atoms with van der Waals surface area (Å²) in [4.78, 5) is 24.0. The second-order valence-corrected chi connectivity index (χ2v) is 3.33. The van der Waals surface area contributed by atoms with E-state index in [4.69, 9.17) is 0 Å². The van der Waals surface area contributed by atoms with Crippen molar-refractivity contribution in [1.29, 1.82) is 0 Å². The van der Waals surface area contributed by atoms with Crippen LogP contribution in [0.2, 0.25) is 0 Å². The molecule has 1 aliphatic heterocycles. The molecule has 1 unspecified atom stereocenters. The zero-order chi connectivity index (χ0) is 8.17. The van der Waals surface area contributed by atoms with Gasteiger partial charge in [-0.05, 0) is 12.8 Å². The number of piperidine rings is 1. The van der Waals surface area contributed by atoms with Crippen LogP contribution < -0.4 is 0 Å². The number of hydrogen-bond acceptors (Lipinski definition) is 2. The molecule has 2 aliphatic rings. The lowest BCUT2D eigenvalue weighted by Gasteiger charge is -2.13. The number of hydrogen-bond donors (Lipinski definition) is 0. The Balaban J connectivity index is 2.23. The van der Waals surface area contributed by atoms with Crippen LogP contribution in [0, 0.1) is 17.8 Å². The molecule has 0 spiro atoms. The Morgan fingerprint density at radius 1 is 1.27 bits per heavy atom. The maximum absolute atomic E-state index is 11.3. The van der Waals surface area contributed by atoms with E-state index in [1.807, 2.05) is 13.8 Å². The van der Waals surface area contributed by atoms with Crippen molar-refractivity contribution in [1.82, 2.24) is 4.90 Å². The van der Waals surface area contributed by atoms with E-state index in [1.54, 1.807) is 0 Å². The fourth-order valence-electron chi connectivity index (χ4n) is 2.00. The molecule has 11 heavy (non-hydrogen) atoms. The third-order valence-electron chi connectivity index (χ3n) is 2.80. The molecule has 1 saturated heterocycles. The topological polar surface area (TPSA) is 37.4 Å². The molecule has 3 atom stereocenters. The van der Waals surface area contributed by atoms with Crippen LogP contribution in [0.3, 0.4) is 0 Å². The Morgan fingerprint density at radius 3 is 2.09 bits per heavy atom. The van der Waals surface area contributed by atoms with Crippen molar-refractivity contribution < 1.29 is 9.59 Å². The predicted molar refractivity (Wildman–Crippen MR) is 38.5 cm³/mol.